The van der Waals surface area contributed by atoms with Crippen LogP contribution in [0.5, 0.6) is 0 Å². The van der Waals surface area contributed by atoms with Crippen molar-refractivity contribution in [3.63, 3.8) is 0 Å². The number of hydrogen-bond acceptors (Lipinski definition) is 3. The van der Waals surface area contributed by atoms with Gasteiger partial charge in [0.1, 0.15) is 0 Å². The highest BCUT2D eigenvalue weighted by Gasteiger charge is 2.29. The minimum atomic E-state index is -3.97. The van der Waals surface area contributed by atoms with Gasteiger partial charge in [-0.2, -0.15) is 0 Å². The number of carbonyl (C=O) groups is 1. The largest absolute Gasteiger partial charge is 0.345 e. The molecular weight excluding hydrogens is 516 g/mol. The van der Waals surface area contributed by atoms with Crippen molar-refractivity contribution in [2.24, 2.45) is 0 Å². The Hall–Kier alpha value is -3.90. The van der Waals surface area contributed by atoms with Gasteiger partial charge in [0, 0.05) is 0 Å². The number of carbonyl (C=O) groups excluding carboxylic acids is 1. The molecule has 4 aromatic rings. The van der Waals surface area contributed by atoms with Gasteiger partial charge in [-0.25, -0.2) is 8.42 Å². The summed E-state index contributed by atoms with van der Waals surface area (Å²) >= 11 is 0. The molecule has 0 spiro atoms. The van der Waals surface area contributed by atoms with E-state index in [4.69, 9.17) is 0 Å². The second-order valence-corrected chi connectivity index (χ2v) is 12.4. The average molecular weight is 553 g/mol. The van der Waals surface area contributed by atoms with Crippen molar-refractivity contribution in [3.05, 3.63) is 130 Å². The smallest absolute Gasteiger partial charge is 0.264 e. The quantitative estimate of drug-likeness (QED) is 0.240. The molecule has 0 aliphatic heterocycles. The van der Waals surface area contributed by atoms with Crippen molar-refractivity contribution in [1.29, 1.82) is 0 Å². The molecule has 1 amide bonds. The topological polar surface area (TPSA) is 66.5 Å². The normalized spacial score (nSPS) is 13.8. The predicted molar refractivity (Wildman–Crippen MR) is 161 cm³/mol. The van der Waals surface area contributed by atoms with Crippen LogP contribution in [0.1, 0.15) is 70.4 Å². The van der Waals surface area contributed by atoms with Crippen LogP contribution in [0.15, 0.2) is 102 Å². The van der Waals surface area contributed by atoms with Crippen LogP contribution >= 0.6 is 0 Å². The molecule has 1 N–H and O–H groups in total. The van der Waals surface area contributed by atoms with E-state index < -0.39 is 10.0 Å². The van der Waals surface area contributed by atoms with Crippen LogP contribution < -0.4 is 9.62 Å². The second-order valence-electron chi connectivity index (χ2n) is 10.5. The van der Waals surface area contributed by atoms with Crippen LogP contribution in [0.4, 0.5) is 5.69 Å². The third-order valence-corrected chi connectivity index (χ3v) is 9.46. The summed E-state index contributed by atoms with van der Waals surface area (Å²) in [6.45, 7) is 4.08. The zero-order valence-electron chi connectivity index (χ0n) is 23.1. The number of hydrogen-bond donors (Lipinski definition) is 1. The summed E-state index contributed by atoms with van der Waals surface area (Å²) in [6, 6.07) is 29.6. The highest BCUT2D eigenvalue weighted by atomic mass is 32.2. The molecule has 6 heteroatoms. The van der Waals surface area contributed by atoms with E-state index in [1.165, 1.54) is 28.3 Å². The first-order chi connectivity index (χ1) is 19.4. The molecule has 0 saturated carbocycles. The Balaban J connectivity index is 1.50. The molecule has 0 unspecified atom stereocenters. The number of para-hydroxylation sites is 1. The number of amides is 1. The van der Waals surface area contributed by atoms with Gasteiger partial charge in [-0.3, -0.25) is 9.10 Å². The third kappa shape index (κ3) is 5.97. The lowest BCUT2D eigenvalue weighted by Crippen LogP contribution is -2.34. The van der Waals surface area contributed by atoms with E-state index in [0.29, 0.717) is 11.3 Å². The molecule has 4 aromatic carbocycles. The van der Waals surface area contributed by atoms with E-state index in [1.54, 1.807) is 48.5 Å². The number of rotatable bonds is 9. The second kappa shape index (κ2) is 12.1. The van der Waals surface area contributed by atoms with Crippen LogP contribution in [0.25, 0.3) is 0 Å². The standard InChI is InChI=1S/C34H36N2O3S/c1-3-32(29-20-19-27-13-7-8-14-28(27)23-29)35-34(37)31-15-9-10-16-33(31)36(24-26-11-5-4-6-12-26)40(38,39)30-21-17-25(2)18-22-30/h4-6,9-12,15-23,32H,3,7-8,13-14,24H2,1-2H3,(H,35,37)/t32-/m1/s1. The van der Waals surface area contributed by atoms with E-state index >= 15 is 0 Å². The van der Waals surface area contributed by atoms with Crippen LogP contribution in [0.2, 0.25) is 0 Å². The lowest BCUT2D eigenvalue weighted by Gasteiger charge is -2.27. The molecule has 206 valence electrons. The summed E-state index contributed by atoms with van der Waals surface area (Å²) in [5.74, 6) is -0.294. The molecule has 5 rings (SSSR count). The Kier molecular flexibility index (Phi) is 8.36. The minimum Gasteiger partial charge on any atom is -0.345 e. The Morgan fingerprint density at radius 3 is 2.25 bits per heavy atom. The summed E-state index contributed by atoms with van der Waals surface area (Å²) in [5, 5.41) is 3.20. The van der Waals surface area contributed by atoms with Crippen LogP contribution in [0.3, 0.4) is 0 Å². The van der Waals surface area contributed by atoms with E-state index in [9.17, 15) is 13.2 Å². The molecule has 0 aromatic heterocycles. The van der Waals surface area contributed by atoms with Crippen molar-refractivity contribution < 1.29 is 13.2 Å². The molecule has 0 radical (unpaired) electrons. The van der Waals surface area contributed by atoms with Gasteiger partial charge in [-0.15, -0.1) is 0 Å². The first-order valence-electron chi connectivity index (χ1n) is 14.0. The maximum atomic E-state index is 14.1. The first-order valence-corrected chi connectivity index (χ1v) is 15.5. The number of benzene rings is 4. The SMILES string of the molecule is CC[C@@H](NC(=O)c1ccccc1N(Cc1ccccc1)S(=O)(=O)c1ccc(C)cc1)c1ccc2c(c1)CCCC2. The van der Waals surface area contributed by atoms with Gasteiger partial charge in [-0.1, -0.05) is 85.3 Å². The fourth-order valence-corrected chi connectivity index (χ4v) is 6.87. The molecule has 0 fully saturated rings. The van der Waals surface area contributed by atoms with Crippen molar-refractivity contribution >= 4 is 21.6 Å². The molecule has 1 atom stereocenters. The number of nitrogens with one attached hydrogen (secondary N) is 1. The van der Waals surface area contributed by atoms with Gasteiger partial charge in [0.05, 0.1) is 28.7 Å². The van der Waals surface area contributed by atoms with Gasteiger partial charge in [0.15, 0.2) is 0 Å². The number of nitrogens with zero attached hydrogens (tertiary/aromatic N) is 1. The van der Waals surface area contributed by atoms with Gasteiger partial charge in [0.2, 0.25) is 0 Å². The molecule has 5 nitrogen and oxygen atoms in total. The number of aryl methyl sites for hydroxylation is 3. The molecule has 0 bridgehead atoms. The monoisotopic (exact) mass is 552 g/mol. The van der Waals surface area contributed by atoms with Crippen LogP contribution in [-0.4, -0.2) is 14.3 Å². The van der Waals surface area contributed by atoms with Crippen molar-refractivity contribution in [2.75, 3.05) is 4.31 Å². The van der Waals surface area contributed by atoms with Gasteiger partial charge < -0.3 is 5.32 Å². The van der Waals surface area contributed by atoms with Gasteiger partial charge in [-0.05, 0) is 85.5 Å². The maximum Gasteiger partial charge on any atom is 0.264 e. The third-order valence-electron chi connectivity index (χ3n) is 7.68. The summed E-state index contributed by atoms with van der Waals surface area (Å²) < 4.78 is 29.5. The number of sulfonamides is 1. The van der Waals surface area contributed by atoms with Crippen molar-refractivity contribution in [3.8, 4) is 0 Å². The minimum absolute atomic E-state index is 0.101. The molecule has 40 heavy (non-hydrogen) atoms. The summed E-state index contributed by atoms with van der Waals surface area (Å²) in [4.78, 5) is 14.0. The first kappa shape index (κ1) is 27.7. The summed E-state index contributed by atoms with van der Waals surface area (Å²) in [7, 11) is -3.97. The summed E-state index contributed by atoms with van der Waals surface area (Å²) in [6.07, 6.45) is 5.32. The van der Waals surface area contributed by atoms with Crippen LogP contribution in [0, 0.1) is 6.92 Å². The Labute approximate surface area is 237 Å². The number of anilines is 1. The lowest BCUT2D eigenvalue weighted by molar-refractivity contribution is 0.0936. The fourth-order valence-electron chi connectivity index (χ4n) is 5.40. The molecule has 0 heterocycles. The molecule has 0 saturated heterocycles. The van der Waals surface area contributed by atoms with E-state index in [1.807, 2.05) is 37.3 Å². The summed E-state index contributed by atoms with van der Waals surface area (Å²) in [5.41, 5.74) is 6.34. The van der Waals surface area contributed by atoms with Gasteiger partial charge >= 0.3 is 0 Å². The highest BCUT2D eigenvalue weighted by molar-refractivity contribution is 7.92. The molecule has 1 aliphatic carbocycles. The Morgan fingerprint density at radius 2 is 1.52 bits per heavy atom. The zero-order chi connectivity index (χ0) is 28.1. The predicted octanol–water partition coefficient (Wildman–Crippen LogP) is 7.15. The Morgan fingerprint density at radius 1 is 0.850 bits per heavy atom. The van der Waals surface area contributed by atoms with Gasteiger partial charge in [0.25, 0.3) is 15.9 Å². The average Bonchev–Trinajstić information content (AvgIpc) is 2.99. The maximum absolute atomic E-state index is 14.1. The van der Waals surface area contributed by atoms with Crippen molar-refractivity contribution in [1.82, 2.24) is 5.32 Å². The van der Waals surface area contributed by atoms with E-state index in [-0.39, 0.29) is 23.4 Å². The van der Waals surface area contributed by atoms with E-state index in [0.717, 1.165) is 36.0 Å². The van der Waals surface area contributed by atoms with Crippen LogP contribution in [-0.2, 0) is 29.4 Å². The molecule has 1 aliphatic rings. The fraction of sp³-hybridized carbons (Fsp3) is 0.265. The van der Waals surface area contributed by atoms with E-state index in [2.05, 4.69) is 30.4 Å². The highest BCUT2D eigenvalue weighted by Crippen LogP contribution is 2.31. The zero-order valence-corrected chi connectivity index (χ0v) is 24.0. The number of fused-ring (bicyclic) bond motifs is 1. The lowest BCUT2D eigenvalue weighted by atomic mass is 9.88. The Bertz CT molecular complexity index is 1580. The molecular formula is C34H36N2O3S. The van der Waals surface area contributed by atoms with Crippen molar-refractivity contribution in [2.45, 2.75) is 63.4 Å².